The van der Waals surface area contributed by atoms with Crippen LogP contribution >= 0.6 is 0 Å². The lowest BCUT2D eigenvalue weighted by molar-refractivity contribution is -0.137. The lowest BCUT2D eigenvalue weighted by atomic mass is 10.0. The number of hydrogen-bond acceptors (Lipinski definition) is 9. The topological polar surface area (TPSA) is 117 Å². The van der Waals surface area contributed by atoms with Gasteiger partial charge in [-0.3, -0.25) is 9.69 Å². The van der Waals surface area contributed by atoms with Gasteiger partial charge in [0.15, 0.2) is 9.84 Å². The van der Waals surface area contributed by atoms with E-state index in [4.69, 9.17) is 4.74 Å². The number of aromatic nitrogens is 2. The van der Waals surface area contributed by atoms with Gasteiger partial charge in [0.2, 0.25) is 11.9 Å². The summed E-state index contributed by atoms with van der Waals surface area (Å²) in [5.41, 5.74) is 1.30. The molecule has 0 spiro atoms. The Morgan fingerprint density at radius 2 is 1.72 bits per heavy atom. The summed E-state index contributed by atoms with van der Waals surface area (Å²) in [7, 11) is 1.10. The molecule has 0 atom stereocenters. The molecule has 10 nitrogen and oxygen atoms in total. The number of carbonyl (C=O) groups excluding carboxylic acids is 1. The molecule has 43 heavy (non-hydrogen) atoms. The van der Waals surface area contributed by atoms with E-state index in [-0.39, 0.29) is 22.4 Å². The van der Waals surface area contributed by atoms with E-state index in [1.807, 2.05) is 12.1 Å². The molecule has 0 saturated heterocycles. The lowest BCUT2D eigenvalue weighted by Gasteiger charge is -2.21. The summed E-state index contributed by atoms with van der Waals surface area (Å²) in [6, 6.07) is 9.46. The van der Waals surface area contributed by atoms with E-state index in [0.717, 1.165) is 11.1 Å². The summed E-state index contributed by atoms with van der Waals surface area (Å²) in [4.78, 5) is 23.7. The number of sulfone groups is 1. The van der Waals surface area contributed by atoms with Crippen LogP contribution in [0.4, 0.5) is 36.3 Å². The van der Waals surface area contributed by atoms with Crippen LogP contribution in [0.5, 0.6) is 5.75 Å². The average molecular weight is 621 g/mol. The molecule has 1 aromatic heterocycles. The standard InChI is InChI=1S/C29H35F3N6O4S/c1-18(2)43(40,41)25-9-7-6-8-22(25)34-27-21(29(30,31)32)16-33-28(36-27)35-23-14-19-10-12-38(17-26(39)37(3)4)13-11-20(19)15-24(23)42-5/h6-9,14-16,18H,10-13,17H2,1-5H3,(H2,33,34,35,36). The molecule has 2 N–H and O–H groups in total. The van der Waals surface area contributed by atoms with Crippen molar-refractivity contribution >= 4 is 38.9 Å². The largest absolute Gasteiger partial charge is 0.495 e. The number of methoxy groups -OCH3 is 1. The van der Waals surface area contributed by atoms with Crippen LogP contribution in [-0.2, 0) is 33.6 Å². The van der Waals surface area contributed by atoms with Crippen LogP contribution in [0.1, 0.15) is 30.5 Å². The first-order chi connectivity index (χ1) is 20.2. The zero-order valence-electron chi connectivity index (χ0n) is 24.6. The van der Waals surface area contributed by atoms with Crippen molar-refractivity contribution in [1.29, 1.82) is 0 Å². The van der Waals surface area contributed by atoms with Crippen molar-refractivity contribution in [3.8, 4) is 5.75 Å². The number of carbonyl (C=O) groups is 1. The fraction of sp³-hybridized carbons (Fsp3) is 0.414. The number of amides is 1. The number of para-hydroxylation sites is 1. The van der Waals surface area contributed by atoms with Crippen LogP contribution in [0, 0.1) is 0 Å². The van der Waals surface area contributed by atoms with Gasteiger partial charge in [-0.1, -0.05) is 12.1 Å². The second-order valence-electron chi connectivity index (χ2n) is 10.7. The molecule has 0 unspecified atom stereocenters. The zero-order chi connectivity index (χ0) is 31.5. The molecule has 2 aromatic carbocycles. The Bertz CT molecular complexity index is 1600. The average Bonchev–Trinajstić information content (AvgIpc) is 3.13. The van der Waals surface area contributed by atoms with Crippen LogP contribution < -0.4 is 15.4 Å². The molecule has 3 aromatic rings. The van der Waals surface area contributed by atoms with Gasteiger partial charge in [0.1, 0.15) is 17.1 Å². The number of alkyl halides is 3. The van der Waals surface area contributed by atoms with Crippen LogP contribution in [-0.4, -0.2) is 80.2 Å². The van der Waals surface area contributed by atoms with Gasteiger partial charge in [0, 0.05) is 33.4 Å². The minimum absolute atomic E-state index is 0.0131. The van der Waals surface area contributed by atoms with Crippen molar-refractivity contribution in [3.63, 3.8) is 0 Å². The predicted molar refractivity (Wildman–Crippen MR) is 158 cm³/mol. The Hall–Kier alpha value is -3.91. The van der Waals surface area contributed by atoms with Crippen molar-refractivity contribution < 1.29 is 31.1 Å². The van der Waals surface area contributed by atoms with Crippen LogP contribution in [0.3, 0.4) is 0 Å². The van der Waals surface area contributed by atoms with Gasteiger partial charge in [-0.2, -0.15) is 18.2 Å². The third kappa shape index (κ3) is 7.36. The summed E-state index contributed by atoms with van der Waals surface area (Å²) in [5.74, 6) is -0.293. The highest BCUT2D eigenvalue weighted by atomic mass is 32.2. The molecule has 0 fully saturated rings. The monoisotopic (exact) mass is 620 g/mol. The number of ether oxygens (including phenoxy) is 1. The molecule has 14 heteroatoms. The predicted octanol–water partition coefficient (Wildman–Crippen LogP) is 4.66. The van der Waals surface area contributed by atoms with Gasteiger partial charge in [-0.05, 0) is 62.1 Å². The minimum Gasteiger partial charge on any atom is -0.495 e. The summed E-state index contributed by atoms with van der Waals surface area (Å²) < 4.78 is 73.3. The first kappa shape index (κ1) is 32.0. The SMILES string of the molecule is COc1cc2c(cc1Nc1ncc(C(F)(F)F)c(Nc3ccccc3S(=O)(=O)C(C)C)n1)CCN(CC(=O)N(C)C)CC2. The summed E-state index contributed by atoms with van der Waals surface area (Å²) in [6.07, 6.45) is -2.83. The van der Waals surface area contributed by atoms with Gasteiger partial charge in [-0.25, -0.2) is 13.4 Å². The Kier molecular flexibility index (Phi) is 9.50. The lowest BCUT2D eigenvalue weighted by Crippen LogP contribution is -2.37. The second kappa shape index (κ2) is 12.8. The number of nitrogens with zero attached hydrogens (tertiary/aromatic N) is 4. The van der Waals surface area contributed by atoms with Gasteiger partial charge < -0.3 is 20.3 Å². The quantitative estimate of drug-likeness (QED) is 0.352. The Morgan fingerprint density at radius 3 is 2.33 bits per heavy atom. The van der Waals surface area contributed by atoms with E-state index in [0.29, 0.717) is 50.1 Å². The molecule has 232 valence electrons. The van der Waals surface area contributed by atoms with E-state index in [1.165, 1.54) is 45.2 Å². The van der Waals surface area contributed by atoms with Gasteiger partial charge in [0.25, 0.3) is 0 Å². The third-order valence-electron chi connectivity index (χ3n) is 7.18. The molecular formula is C29H35F3N6O4S. The van der Waals surface area contributed by atoms with E-state index >= 15 is 0 Å². The maximum absolute atomic E-state index is 14.0. The minimum atomic E-state index is -4.81. The highest BCUT2D eigenvalue weighted by molar-refractivity contribution is 7.92. The van der Waals surface area contributed by atoms with Gasteiger partial charge in [-0.15, -0.1) is 0 Å². The molecule has 4 rings (SSSR count). The third-order valence-corrected chi connectivity index (χ3v) is 9.39. The van der Waals surface area contributed by atoms with Crippen LogP contribution in [0.15, 0.2) is 47.5 Å². The first-order valence-corrected chi connectivity index (χ1v) is 15.2. The molecule has 1 amide bonds. The van der Waals surface area contributed by atoms with Crippen molar-refractivity contribution in [2.45, 2.75) is 43.0 Å². The maximum atomic E-state index is 14.0. The number of likely N-dealkylation sites (N-methyl/N-ethyl adjacent to an activating group) is 1. The number of hydrogen-bond donors (Lipinski definition) is 2. The molecule has 2 heterocycles. The number of rotatable bonds is 9. The fourth-order valence-electron chi connectivity index (χ4n) is 4.62. The Balaban J connectivity index is 1.66. The number of halogens is 3. The molecule has 0 aliphatic carbocycles. The summed E-state index contributed by atoms with van der Waals surface area (Å²) >= 11 is 0. The zero-order valence-corrected chi connectivity index (χ0v) is 25.4. The van der Waals surface area contributed by atoms with Gasteiger partial charge in [0.05, 0.1) is 35.2 Å². The molecular weight excluding hydrogens is 585 g/mol. The highest BCUT2D eigenvalue weighted by Crippen LogP contribution is 2.38. The molecule has 0 bridgehead atoms. The number of fused-ring (bicyclic) bond motifs is 1. The van der Waals surface area contributed by atoms with E-state index in [9.17, 15) is 26.4 Å². The molecule has 0 radical (unpaired) electrons. The Morgan fingerprint density at radius 1 is 1.07 bits per heavy atom. The smallest absolute Gasteiger partial charge is 0.421 e. The summed E-state index contributed by atoms with van der Waals surface area (Å²) in [6.45, 7) is 4.64. The van der Waals surface area contributed by atoms with Crippen LogP contribution in [0.25, 0.3) is 0 Å². The Labute approximate surface area is 249 Å². The summed E-state index contributed by atoms with van der Waals surface area (Å²) in [5, 5.41) is 4.77. The van der Waals surface area contributed by atoms with Crippen molar-refractivity contribution in [2.75, 3.05) is 51.5 Å². The van der Waals surface area contributed by atoms with E-state index < -0.39 is 32.6 Å². The molecule has 1 aliphatic rings. The second-order valence-corrected chi connectivity index (χ2v) is 13.2. The normalized spacial score (nSPS) is 14.2. The molecule has 1 aliphatic heterocycles. The van der Waals surface area contributed by atoms with E-state index in [2.05, 4.69) is 25.5 Å². The fourth-order valence-corrected chi connectivity index (χ4v) is 5.82. The molecule has 0 saturated carbocycles. The van der Waals surface area contributed by atoms with Crippen molar-refractivity contribution in [1.82, 2.24) is 19.8 Å². The number of nitrogens with one attached hydrogen (secondary N) is 2. The van der Waals surface area contributed by atoms with Crippen molar-refractivity contribution in [2.24, 2.45) is 0 Å². The highest BCUT2D eigenvalue weighted by Gasteiger charge is 2.36. The maximum Gasteiger partial charge on any atom is 0.421 e. The van der Waals surface area contributed by atoms with Crippen LogP contribution in [0.2, 0.25) is 0 Å². The van der Waals surface area contributed by atoms with E-state index in [1.54, 1.807) is 19.0 Å². The van der Waals surface area contributed by atoms with Crippen molar-refractivity contribution in [3.05, 3.63) is 59.3 Å². The first-order valence-electron chi connectivity index (χ1n) is 13.6. The number of benzene rings is 2. The van der Waals surface area contributed by atoms with Gasteiger partial charge >= 0.3 is 6.18 Å². The number of anilines is 4.